The summed E-state index contributed by atoms with van der Waals surface area (Å²) in [5.41, 5.74) is 2.85. The van der Waals surface area contributed by atoms with Crippen LogP contribution in [0.15, 0.2) is 84.9 Å². The van der Waals surface area contributed by atoms with E-state index >= 15 is 0 Å². The lowest BCUT2D eigenvalue weighted by Crippen LogP contribution is -2.00. The molecule has 4 aromatic rings. The van der Waals surface area contributed by atoms with E-state index in [4.69, 9.17) is 0 Å². The van der Waals surface area contributed by atoms with E-state index in [0.29, 0.717) is 16.6 Å². The number of fused-ring (bicyclic) bond motifs is 1. The summed E-state index contributed by atoms with van der Waals surface area (Å²) in [6.45, 7) is 0. The van der Waals surface area contributed by atoms with Gasteiger partial charge in [0.25, 0.3) is 0 Å². The van der Waals surface area contributed by atoms with Crippen LogP contribution in [0.4, 0.5) is 0 Å². The van der Waals surface area contributed by atoms with Crippen LogP contribution in [0, 0.1) is 0 Å². The number of aromatic carboxylic acids is 1. The molecule has 0 saturated heterocycles. The molecule has 5 heteroatoms. The molecule has 138 valence electrons. The molecule has 0 fully saturated rings. The van der Waals surface area contributed by atoms with Gasteiger partial charge in [0.1, 0.15) is 12.0 Å². The van der Waals surface area contributed by atoms with Crippen LogP contribution in [-0.2, 0) is 0 Å². The molecule has 0 aliphatic carbocycles. The Bertz CT molecular complexity index is 1110. The maximum Gasteiger partial charge on any atom is 0.336 e. The van der Waals surface area contributed by atoms with Crippen molar-refractivity contribution in [2.45, 2.75) is 0 Å². The first-order valence-electron chi connectivity index (χ1n) is 8.51. The maximum absolute atomic E-state index is 11.4. The third kappa shape index (κ3) is 4.40. The van der Waals surface area contributed by atoms with Gasteiger partial charge >= 0.3 is 5.97 Å². The Morgan fingerprint density at radius 3 is 2.07 bits per heavy atom. The van der Waals surface area contributed by atoms with Crippen LogP contribution >= 0.6 is 0 Å². The molecule has 0 aliphatic heterocycles. The molecule has 0 radical (unpaired) electrons. The van der Waals surface area contributed by atoms with Crippen LogP contribution in [0.25, 0.3) is 22.2 Å². The van der Waals surface area contributed by atoms with Gasteiger partial charge in [-0.2, -0.15) is 0 Å². The number of aromatic nitrogens is 1. The highest BCUT2D eigenvalue weighted by Crippen LogP contribution is 2.27. The summed E-state index contributed by atoms with van der Waals surface area (Å²) in [5.74, 6) is -1.02. The summed E-state index contributed by atoms with van der Waals surface area (Å²) in [7, 11) is 0. The van der Waals surface area contributed by atoms with Crippen molar-refractivity contribution in [1.29, 1.82) is 0 Å². The highest BCUT2D eigenvalue weighted by molar-refractivity contribution is 6.04. The smallest absolute Gasteiger partial charge is 0.336 e. The molecular formula is C23H17NO4. The largest absolute Gasteiger partial charge is 0.508 e. The van der Waals surface area contributed by atoms with Crippen LogP contribution in [0.2, 0.25) is 0 Å². The third-order valence-corrected chi connectivity index (χ3v) is 4.03. The predicted molar refractivity (Wildman–Crippen MR) is 108 cm³/mol. The van der Waals surface area contributed by atoms with Crippen LogP contribution < -0.4 is 0 Å². The van der Waals surface area contributed by atoms with Crippen LogP contribution in [0.1, 0.15) is 20.7 Å². The Balaban J connectivity index is 0.000000236. The Kier molecular flexibility index (Phi) is 5.77. The minimum atomic E-state index is -1.04. The van der Waals surface area contributed by atoms with Crippen molar-refractivity contribution in [2.75, 3.05) is 0 Å². The van der Waals surface area contributed by atoms with Gasteiger partial charge in [-0.3, -0.25) is 4.79 Å². The minimum absolute atomic E-state index is 0.0225. The van der Waals surface area contributed by atoms with E-state index in [1.54, 1.807) is 18.2 Å². The molecule has 0 amide bonds. The fourth-order valence-corrected chi connectivity index (χ4v) is 2.68. The van der Waals surface area contributed by atoms with Crippen molar-refractivity contribution >= 4 is 23.2 Å². The summed E-state index contributed by atoms with van der Waals surface area (Å²) in [5, 5.41) is 19.3. The predicted octanol–water partition coefficient (Wildman–Crippen LogP) is 4.80. The highest BCUT2D eigenvalue weighted by atomic mass is 16.4. The van der Waals surface area contributed by atoms with Crippen molar-refractivity contribution < 1.29 is 19.8 Å². The summed E-state index contributed by atoms with van der Waals surface area (Å²) >= 11 is 0. The topological polar surface area (TPSA) is 87.5 Å². The fraction of sp³-hybridized carbons (Fsp3) is 0. The first kappa shape index (κ1) is 18.8. The van der Waals surface area contributed by atoms with Crippen LogP contribution in [0.5, 0.6) is 5.75 Å². The van der Waals surface area contributed by atoms with E-state index in [9.17, 15) is 19.8 Å². The average Bonchev–Trinajstić information content (AvgIpc) is 2.74. The number of carboxylic acid groups (broad SMARTS) is 1. The molecule has 0 aliphatic rings. The lowest BCUT2D eigenvalue weighted by molar-refractivity contribution is 0.0699. The van der Waals surface area contributed by atoms with E-state index in [1.807, 2.05) is 48.5 Å². The number of phenolic OH excluding ortho intramolecular Hbond substituents is 1. The second kappa shape index (κ2) is 8.60. The number of carboxylic acids is 1. The summed E-state index contributed by atoms with van der Waals surface area (Å²) in [4.78, 5) is 25.9. The monoisotopic (exact) mass is 371 g/mol. The van der Waals surface area contributed by atoms with Crippen LogP contribution in [0.3, 0.4) is 0 Å². The minimum Gasteiger partial charge on any atom is -0.508 e. The highest BCUT2D eigenvalue weighted by Gasteiger charge is 2.13. The Hall–Kier alpha value is -3.99. The van der Waals surface area contributed by atoms with Crippen molar-refractivity contribution in [1.82, 2.24) is 4.98 Å². The van der Waals surface area contributed by atoms with Gasteiger partial charge in [0.05, 0.1) is 16.8 Å². The number of carbonyl (C=O) groups is 2. The lowest BCUT2D eigenvalue weighted by Gasteiger charge is -2.07. The van der Waals surface area contributed by atoms with Crippen molar-refractivity contribution in [3.63, 3.8) is 0 Å². The molecule has 3 aromatic carbocycles. The number of aldehydes is 1. The number of aromatic hydroxyl groups is 1. The average molecular weight is 371 g/mol. The first-order valence-corrected chi connectivity index (χ1v) is 8.51. The number of phenols is 1. The zero-order valence-corrected chi connectivity index (χ0v) is 14.8. The standard InChI is InChI=1S/C16H11NO3.C7H6O/c18-11-6-7-14-12(8-11)13(16(19)20)9-15(17-14)10-4-2-1-3-5-10;8-6-7-4-2-1-3-5-7/h1-9,18H,(H,19,20);1-6H. The molecular weight excluding hydrogens is 354 g/mol. The summed E-state index contributed by atoms with van der Waals surface area (Å²) in [6, 6.07) is 24.5. The summed E-state index contributed by atoms with van der Waals surface area (Å²) < 4.78 is 0. The fourth-order valence-electron chi connectivity index (χ4n) is 2.68. The van der Waals surface area contributed by atoms with Gasteiger partial charge in [-0.05, 0) is 24.3 Å². The number of hydrogen-bond donors (Lipinski definition) is 2. The SMILES string of the molecule is O=C(O)c1cc(-c2ccccc2)nc2ccc(O)cc12.O=Cc1ccccc1. The van der Waals surface area contributed by atoms with Gasteiger partial charge in [-0.15, -0.1) is 0 Å². The third-order valence-electron chi connectivity index (χ3n) is 4.03. The van der Waals surface area contributed by atoms with E-state index in [-0.39, 0.29) is 11.3 Å². The second-order valence-electron chi connectivity index (χ2n) is 5.96. The molecule has 5 nitrogen and oxygen atoms in total. The van der Waals surface area contributed by atoms with Gasteiger partial charge in [0.15, 0.2) is 0 Å². The van der Waals surface area contributed by atoms with E-state index in [1.165, 1.54) is 18.2 Å². The van der Waals surface area contributed by atoms with Gasteiger partial charge in [0.2, 0.25) is 0 Å². The number of hydrogen-bond acceptors (Lipinski definition) is 4. The molecule has 0 atom stereocenters. The zero-order valence-electron chi connectivity index (χ0n) is 14.8. The molecule has 1 heterocycles. The van der Waals surface area contributed by atoms with E-state index < -0.39 is 5.97 Å². The zero-order chi connectivity index (χ0) is 19.9. The molecule has 2 N–H and O–H groups in total. The molecule has 28 heavy (non-hydrogen) atoms. The van der Waals surface area contributed by atoms with Gasteiger partial charge < -0.3 is 10.2 Å². The number of nitrogens with zero attached hydrogens (tertiary/aromatic N) is 1. The molecule has 0 unspecified atom stereocenters. The molecule has 1 aromatic heterocycles. The van der Waals surface area contributed by atoms with Crippen molar-refractivity contribution in [2.24, 2.45) is 0 Å². The Morgan fingerprint density at radius 2 is 1.50 bits per heavy atom. The van der Waals surface area contributed by atoms with Crippen molar-refractivity contribution in [3.05, 3.63) is 96.1 Å². The van der Waals surface area contributed by atoms with Gasteiger partial charge in [0, 0.05) is 16.5 Å². The van der Waals surface area contributed by atoms with Gasteiger partial charge in [-0.25, -0.2) is 9.78 Å². The molecule has 0 spiro atoms. The number of benzene rings is 3. The number of carbonyl (C=O) groups excluding carboxylic acids is 1. The Morgan fingerprint density at radius 1 is 0.857 bits per heavy atom. The number of rotatable bonds is 3. The Labute approximate surface area is 161 Å². The molecule has 0 saturated carbocycles. The normalized spacial score (nSPS) is 10.0. The van der Waals surface area contributed by atoms with Crippen molar-refractivity contribution in [3.8, 4) is 17.0 Å². The molecule has 4 rings (SSSR count). The first-order chi connectivity index (χ1) is 13.6. The van der Waals surface area contributed by atoms with E-state index in [2.05, 4.69) is 4.98 Å². The quantitative estimate of drug-likeness (QED) is 0.505. The summed E-state index contributed by atoms with van der Waals surface area (Å²) in [6.07, 6.45) is 0.833. The lowest BCUT2D eigenvalue weighted by atomic mass is 10.0. The van der Waals surface area contributed by atoms with Crippen LogP contribution in [-0.4, -0.2) is 27.5 Å². The van der Waals surface area contributed by atoms with Gasteiger partial charge in [-0.1, -0.05) is 60.7 Å². The molecule has 0 bridgehead atoms. The van der Waals surface area contributed by atoms with E-state index in [0.717, 1.165) is 17.4 Å². The second-order valence-corrected chi connectivity index (χ2v) is 5.96. The maximum atomic E-state index is 11.4. The number of pyridine rings is 1.